The Labute approximate surface area is 89.7 Å². The molecule has 1 aromatic rings. The predicted octanol–water partition coefficient (Wildman–Crippen LogP) is 2.78. The fourth-order valence-corrected chi connectivity index (χ4v) is 1.25. The van der Waals surface area contributed by atoms with Crippen molar-refractivity contribution in [3.8, 4) is 0 Å². The van der Waals surface area contributed by atoms with Crippen LogP contribution in [-0.4, -0.2) is 11.5 Å². The standard InChI is InChI=1S/C10H16ClN3/c1-7(2)3-4-13-10-9(12)5-8(11)6-14-10/h5-7H,3-4,12H2,1-2H3,(H,13,14). The minimum atomic E-state index is 0.567. The van der Waals surface area contributed by atoms with Crippen LogP contribution in [0.3, 0.4) is 0 Å². The third-order valence-electron chi connectivity index (χ3n) is 1.90. The lowest BCUT2D eigenvalue weighted by Crippen LogP contribution is -2.08. The second-order valence-corrected chi connectivity index (χ2v) is 4.14. The van der Waals surface area contributed by atoms with E-state index in [1.54, 1.807) is 12.3 Å². The summed E-state index contributed by atoms with van der Waals surface area (Å²) < 4.78 is 0. The highest BCUT2D eigenvalue weighted by Crippen LogP contribution is 2.19. The maximum atomic E-state index is 5.73. The summed E-state index contributed by atoms with van der Waals surface area (Å²) in [7, 11) is 0. The Morgan fingerprint density at radius 3 is 2.86 bits per heavy atom. The van der Waals surface area contributed by atoms with Crippen molar-refractivity contribution in [3.63, 3.8) is 0 Å². The van der Waals surface area contributed by atoms with Crippen LogP contribution in [0.2, 0.25) is 5.02 Å². The molecule has 0 atom stereocenters. The molecule has 3 nitrogen and oxygen atoms in total. The number of rotatable bonds is 4. The normalized spacial score (nSPS) is 10.6. The molecule has 0 aromatic carbocycles. The molecule has 0 saturated heterocycles. The van der Waals surface area contributed by atoms with E-state index in [4.69, 9.17) is 17.3 Å². The van der Waals surface area contributed by atoms with Crippen LogP contribution < -0.4 is 11.1 Å². The van der Waals surface area contributed by atoms with E-state index in [1.165, 1.54) is 0 Å². The molecule has 0 saturated carbocycles. The van der Waals surface area contributed by atoms with Crippen molar-refractivity contribution in [2.45, 2.75) is 20.3 Å². The second-order valence-electron chi connectivity index (χ2n) is 3.70. The van der Waals surface area contributed by atoms with Crippen LogP contribution in [0.15, 0.2) is 12.3 Å². The Bertz CT molecular complexity index is 299. The zero-order valence-corrected chi connectivity index (χ0v) is 9.30. The van der Waals surface area contributed by atoms with E-state index in [1.807, 2.05) is 0 Å². The van der Waals surface area contributed by atoms with Gasteiger partial charge in [-0.2, -0.15) is 0 Å². The van der Waals surface area contributed by atoms with E-state index in [0.717, 1.165) is 18.8 Å². The number of pyridine rings is 1. The van der Waals surface area contributed by atoms with Gasteiger partial charge in [0, 0.05) is 12.7 Å². The lowest BCUT2D eigenvalue weighted by molar-refractivity contribution is 0.607. The summed E-state index contributed by atoms with van der Waals surface area (Å²) in [4.78, 5) is 4.11. The molecule has 3 N–H and O–H groups in total. The van der Waals surface area contributed by atoms with Crippen molar-refractivity contribution in [2.75, 3.05) is 17.6 Å². The summed E-state index contributed by atoms with van der Waals surface area (Å²) >= 11 is 5.73. The summed E-state index contributed by atoms with van der Waals surface area (Å²) in [5.74, 6) is 1.39. The largest absolute Gasteiger partial charge is 0.396 e. The van der Waals surface area contributed by atoms with Gasteiger partial charge in [-0.3, -0.25) is 0 Å². The molecule has 0 fully saturated rings. The van der Waals surface area contributed by atoms with Crippen molar-refractivity contribution in [1.82, 2.24) is 4.98 Å². The molecular weight excluding hydrogens is 198 g/mol. The van der Waals surface area contributed by atoms with E-state index in [9.17, 15) is 0 Å². The molecule has 1 heterocycles. The molecule has 1 rings (SSSR count). The molecule has 4 heteroatoms. The lowest BCUT2D eigenvalue weighted by Gasteiger charge is -2.09. The Morgan fingerprint density at radius 1 is 1.57 bits per heavy atom. The Hall–Kier alpha value is -0.960. The van der Waals surface area contributed by atoms with Crippen LogP contribution in [0.4, 0.5) is 11.5 Å². The highest BCUT2D eigenvalue weighted by molar-refractivity contribution is 6.30. The SMILES string of the molecule is CC(C)CCNc1ncc(Cl)cc1N. The molecule has 0 aliphatic heterocycles. The van der Waals surface area contributed by atoms with Crippen LogP contribution in [-0.2, 0) is 0 Å². The first-order chi connectivity index (χ1) is 6.59. The molecule has 0 aliphatic carbocycles. The number of nitrogens with one attached hydrogen (secondary N) is 1. The smallest absolute Gasteiger partial charge is 0.149 e. The average molecular weight is 214 g/mol. The predicted molar refractivity (Wildman–Crippen MR) is 61.6 cm³/mol. The highest BCUT2D eigenvalue weighted by Gasteiger charge is 2.01. The van der Waals surface area contributed by atoms with E-state index in [-0.39, 0.29) is 0 Å². The molecule has 0 aliphatic rings. The Kier molecular flexibility index (Phi) is 4.01. The molecule has 0 bridgehead atoms. The van der Waals surface area contributed by atoms with Crippen molar-refractivity contribution in [3.05, 3.63) is 17.3 Å². The first-order valence-electron chi connectivity index (χ1n) is 4.74. The monoisotopic (exact) mass is 213 g/mol. The number of anilines is 2. The zero-order chi connectivity index (χ0) is 10.6. The molecule has 14 heavy (non-hydrogen) atoms. The summed E-state index contributed by atoms with van der Waals surface area (Å²) in [5, 5.41) is 3.74. The molecule has 0 spiro atoms. The van der Waals surface area contributed by atoms with Crippen LogP contribution in [0.25, 0.3) is 0 Å². The van der Waals surface area contributed by atoms with Gasteiger partial charge < -0.3 is 11.1 Å². The van der Waals surface area contributed by atoms with Gasteiger partial charge in [0.25, 0.3) is 0 Å². The van der Waals surface area contributed by atoms with Crippen LogP contribution in [0, 0.1) is 5.92 Å². The third kappa shape index (κ3) is 3.42. The Morgan fingerprint density at radius 2 is 2.29 bits per heavy atom. The number of hydrogen-bond acceptors (Lipinski definition) is 3. The van der Waals surface area contributed by atoms with E-state index in [2.05, 4.69) is 24.1 Å². The number of aromatic nitrogens is 1. The fraction of sp³-hybridized carbons (Fsp3) is 0.500. The van der Waals surface area contributed by atoms with Crippen LogP contribution in [0.1, 0.15) is 20.3 Å². The maximum absolute atomic E-state index is 5.73. The molecular formula is C10H16ClN3. The first kappa shape index (κ1) is 11.1. The van der Waals surface area contributed by atoms with Crippen molar-refractivity contribution >= 4 is 23.1 Å². The summed E-state index contributed by atoms with van der Waals surface area (Å²) in [5.41, 5.74) is 6.33. The lowest BCUT2D eigenvalue weighted by atomic mass is 10.1. The van der Waals surface area contributed by atoms with E-state index < -0.39 is 0 Å². The number of hydrogen-bond donors (Lipinski definition) is 2. The first-order valence-corrected chi connectivity index (χ1v) is 5.12. The van der Waals surface area contributed by atoms with Gasteiger partial charge in [-0.1, -0.05) is 25.4 Å². The maximum Gasteiger partial charge on any atom is 0.149 e. The number of nitrogens with two attached hydrogens (primary N) is 1. The quantitative estimate of drug-likeness (QED) is 0.809. The van der Waals surface area contributed by atoms with Crippen LogP contribution >= 0.6 is 11.6 Å². The van der Waals surface area contributed by atoms with Crippen molar-refractivity contribution < 1.29 is 0 Å². The molecule has 0 radical (unpaired) electrons. The molecule has 0 amide bonds. The van der Waals surface area contributed by atoms with Gasteiger partial charge in [-0.25, -0.2) is 4.98 Å². The van der Waals surface area contributed by atoms with Gasteiger partial charge in [0.15, 0.2) is 0 Å². The second kappa shape index (κ2) is 5.05. The topological polar surface area (TPSA) is 50.9 Å². The number of nitrogens with zero attached hydrogens (tertiary/aromatic N) is 1. The van der Waals surface area contributed by atoms with Gasteiger partial charge in [-0.15, -0.1) is 0 Å². The van der Waals surface area contributed by atoms with Crippen LogP contribution in [0.5, 0.6) is 0 Å². The minimum Gasteiger partial charge on any atom is -0.396 e. The summed E-state index contributed by atoms with van der Waals surface area (Å²) in [6.45, 7) is 5.25. The fourth-order valence-electron chi connectivity index (χ4n) is 1.08. The Balaban J connectivity index is 2.51. The van der Waals surface area contributed by atoms with Gasteiger partial charge in [0.05, 0.1) is 10.7 Å². The molecule has 1 aromatic heterocycles. The summed E-state index contributed by atoms with van der Waals surface area (Å²) in [6.07, 6.45) is 2.69. The van der Waals surface area contributed by atoms with Gasteiger partial charge in [0.2, 0.25) is 0 Å². The average Bonchev–Trinajstić information content (AvgIpc) is 2.08. The van der Waals surface area contributed by atoms with Crippen molar-refractivity contribution in [1.29, 1.82) is 0 Å². The van der Waals surface area contributed by atoms with Gasteiger partial charge in [-0.05, 0) is 18.4 Å². The highest BCUT2D eigenvalue weighted by atomic mass is 35.5. The summed E-state index contributed by atoms with van der Waals surface area (Å²) in [6, 6.07) is 1.70. The van der Waals surface area contributed by atoms with E-state index in [0.29, 0.717) is 16.6 Å². The zero-order valence-electron chi connectivity index (χ0n) is 8.55. The number of halogens is 1. The van der Waals surface area contributed by atoms with Gasteiger partial charge in [0.1, 0.15) is 5.82 Å². The number of nitrogen functional groups attached to an aromatic ring is 1. The minimum absolute atomic E-state index is 0.567. The third-order valence-corrected chi connectivity index (χ3v) is 2.10. The molecule has 0 unspecified atom stereocenters. The van der Waals surface area contributed by atoms with Crippen molar-refractivity contribution in [2.24, 2.45) is 5.92 Å². The molecule has 78 valence electrons. The van der Waals surface area contributed by atoms with Gasteiger partial charge >= 0.3 is 0 Å². The van der Waals surface area contributed by atoms with E-state index >= 15 is 0 Å².